The van der Waals surface area contributed by atoms with Gasteiger partial charge in [-0.05, 0) is 74.5 Å². The van der Waals surface area contributed by atoms with Gasteiger partial charge in [-0.25, -0.2) is 8.42 Å². The molecule has 0 spiro atoms. The van der Waals surface area contributed by atoms with Crippen LogP contribution in [0.2, 0.25) is 5.02 Å². The zero-order valence-corrected chi connectivity index (χ0v) is 18.1. The van der Waals surface area contributed by atoms with E-state index in [0.717, 1.165) is 25.5 Å². The summed E-state index contributed by atoms with van der Waals surface area (Å²) in [6.07, 6.45) is 8.02. The van der Waals surface area contributed by atoms with E-state index in [0.29, 0.717) is 17.8 Å². The zero-order valence-electron chi connectivity index (χ0n) is 16.5. The van der Waals surface area contributed by atoms with Crippen molar-refractivity contribution in [3.8, 4) is 0 Å². The molecule has 0 aromatic heterocycles. The molecule has 0 heterocycles. The van der Waals surface area contributed by atoms with Crippen molar-refractivity contribution in [2.24, 2.45) is 23.2 Å². The number of amides is 2. The summed E-state index contributed by atoms with van der Waals surface area (Å²) in [5, 5.41) is 5.89. The number of benzene rings is 1. The summed E-state index contributed by atoms with van der Waals surface area (Å²) >= 11 is 6.07. The number of rotatable bonds is 6. The molecule has 1 aromatic carbocycles. The Morgan fingerprint density at radius 3 is 2.24 bits per heavy atom. The molecular weight excluding hydrogens is 412 g/mol. The first kappa shape index (κ1) is 20.7. The molecule has 1 aromatic rings. The third kappa shape index (κ3) is 4.31. The lowest BCUT2D eigenvalue weighted by atomic mass is 9.49. The standard InChI is InChI=1S/C21H27ClN2O4S/c1-29(27,28)16-2-3-17(22)18(9-16)24-19(25)4-5-23-20(26)21-10-13-6-14(11-21)8-15(7-13)12-21/h2-3,9,13-15H,4-8,10-12H2,1H3,(H,23,26)(H,24,25). The Kier molecular flexibility index (Phi) is 5.40. The molecule has 6 nitrogen and oxygen atoms in total. The molecule has 4 saturated carbocycles. The summed E-state index contributed by atoms with van der Waals surface area (Å²) in [6.45, 7) is 0.260. The highest BCUT2D eigenvalue weighted by Crippen LogP contribution is 2.60. The Bertz CT molecular complexity index is 909. The lowest BCUT2D eigenvalue weighted by molar-refractivity contribution is -0.146. The van der Waals surface area contributed by atoms with Crippen molar-refractivity contribution in [1.29, 1.82) is 0 Å². The second-order valence-electron chi connectivity index (χ2n) is 9.17. The number of halogens is 1. The molecule has 4 bridgehead atoms. The molecule has 8 heteroatoms. The molecule has 0 radical (unpaired) electrons. The van der Waals surface area contributed by atoms with Crippen LogP contribution < -0.4 is 10.6 Å². The Morgan fingerprint density at radius 1 is 1.10 bits per heavy atom. The van der Waals surface area contributed by atoms with E-state index in [-0.39, 0.29) is 45.8 Å². The summed E-state index contributed by atoms with van der Waals surface area (Å²) < 4.78 is 23.4. The number of anilines is 1. The third-order valence-electron chi connectivity index (χ3n) is 6.80. The second-order valence-corrected chi connectivity index (χ2v) is 11.6. The van der Waals surface area contributed by atoms with Gasteiger partial charge in [0, 0.05) is 24.6 Å². The predicted octanol–water partition coefficient (Wildman–Crippen LogP) is 3.40. The van der Waals surface area contributed by atoms with Crippen molar-refractivity contribution < 1.29 is 18.0 Å². The molecule has 29 heavy (non-hydrogen) atoms. The molecule has 4 aliphatic rings. The molecule has 4 fully saturated rings. The molecule has 2 N–H and O–H groups in total. The van der Waals surface area contributed by atoms with Crippen LogP contribution in [0.4, 0.5) is 5.69 Å². The maximum absolute atomic E-state index is 12.9. The monoisotopic (exact) mass is 438 g/mol. The Morgan fingerprint density at radius 2 is 1.69 bits per heavy atom. The highest BCUT2D eigenvalue weighted by molar-refractivity contribution is 7.90. The zero-order chi connectivity index (χ0) is 20.8. The summed E-state index contributed by atoms with van der Waals surface area (Å²) in [4.78, 5) is 25.3. The van der Waals surface area contributed by atoms with Gasteiger partial charge in [0.25, 0.3) is 0 Å². The number of hydrogen-bond acceptors (Lipinski definition) is 4. The Labute approximate surface area is 176 Å². The van der Waals surface area contributed by atoms with Crippen LogP contribution in [0.3, 0.4) is 0 Å². The lowest BCUT2D eigenvalue weighted by Crippen LogP contribution is -2.53. The number of carbonyl (C=O) groups is 2. The van der Waals surface area contributed by atoms with Gasteiger partial charge in [0.1, 0.15) is 0 Å². The number of nitrogens with one attached hydrogen (secondary N) is 2. The van der Waals surface area contributed by atoms with Crippen LogP contribution in [0.25, 0.3) is 0 Å². The molecule has 158 valence electrons. The van der Waals surface area contributed by atoms with Crippen molar-refractivity contribution in [3.63, 3.8) is 0 Å². The highest BCUT2D eigenvalue weighted by atomic mass is 35.5. The molecule has 0 aliphatic heterocycles. The fourth-order valence-electron chi connectivity index (χ4n) is 5.91. The first-order valence-electron chi connectivity index (χ1n) is 10.2. The van der Waals surface area contributed by atoms with Gasteiger partial charge in [0.15, 0.2) is 9.84 Å². The SMILES string of the molecule is CS(=O)(=O)c1ccc(Cl)c(NC(=O)CCNC(=O)C23CC4CC(CC(C4)C2)C3)c1. The normalized spacial score (nSPS) is 30.2. The van der Waals surface area contributed by atoms with E-state index in [1.807, 2.05) is 0 Å². The molecule has 0 atom stereocenters. The largest absolute Gasteiger partial charge is 0.355 e. The van der Waals surface area contributed by atoms with E-state index in [2.05, 4.69) is 10.6 Å². The Balaban J connectivity index is 1.31. The van der Waals surface area contributed by atoms with Gasteiger partial charge in [-0.2, -0.15) is 0 Å². The molecule has 5 rings (SSSR count). The van der Waals surface area contributed by atoms with Crippen LogP contribution in [0, 0.1) is 23.2 Å². The fourth-order valence-corrected chi connectivity index (χ4v) is 6.72. The number of sulfone groups is 1. The van der Waals surface area contributed by atoms with Crippen molar-refractivity contribution in [2.75, 3.05) is 18.1 Å². The molecule has 0 unspecified atom stereocenters. The van der Waals surface area contributed by atoms with Gasteiger partial charge in [0.05, 0.1) is 15.6 Å². The molecule has 0 saturated heterocycles. The molecular formula is C21H27ClN2O4S. The minimum absolute atomic E-state index is 0.0901. The van der Waals surface area contributed by atoms with E-state index in [1.54, 1.807) is 0 Å². The maximum atomic E-state index is 12.9. The lowest BCUT2D eigenvalue weighted by Gasteiger charge is -2.55. The van der Waals surface area contributed by atoms with Crippen LogP contribution in [0.15, 0.2) is 23.1 Å². The van der Waals surface area contributed by atoms with E-state index >= 15 is 0 Å². The van der Waals surface area contributed by atoms with Crippen molar-refractivity contribution in [2.45, 2.75) is 49.8 Å². The summed E-state index contributed by atoms with van der Waals surface area (Å²) in [5.74, 6) is 1.86. The van der Waals surface area contributed by atoms with Crippen LogP contribution in [0.1, 0.15) is 44.9 Å². The summed E-state index contributed by atoms with van der Waals surface area (Å²) in [5.41, 5.74) is 0.0326. The van der Waals surface area contributed by atoms with E-state index in [9.17, 15) is 18.0 Å². The summed E-state index contributed by atoms with van der Waals surface area (Å²) in [7, 11) is -3.40. The van der Waals surface area contributed by atoms with Crippen molar-refractivity contribution in [3.05, 3.63) is 23.2 Å². The molecule has 4 aliphatic carbocycles. The van der Waals surface area contributed by atoms with Crippen molar-refractivity contribution >= 4 is 38.9 Å². The maximum Gasteiger partial charge on any atom is 0.226 e. The van der Waals surface area contributed by atoms with Crippen LogP contribution >= 0.6 is 11.6 Å². The number of hydrogen-bond donors (Lipinski definition) is 2. The fraction of sp³-hybridized carbons (Fsp3) is 0.619. The average Bonchev–Trinajstić information content (AvgIpc) is 2.61. The first-order valence-corrected chi connectivity index (χ1v) is 12.5. The second kappa shape index (κ2) is 7.58. The van der Waals surface area contributed by atoms with Crippen LogP contribution in [-0.4, -0.2) is 33.0 Å². The van der Waals surface area contributed by atoms with E-state index in [1.165, 1.54) is 37.5 Å². The highest BCUT2D eigenvalue weighted by Gasteiger charge is 2.54. The van der Waals surface area contributed by atoms with E-state index < -0.39 is 9.84 Å². The molecule has 2 amide bonds. The van der Waals surface area contributed by atoms with Crippen LogP contribution in [0.5, 0.6) is 0 Å². The van der Waals surface area contributed by atoms with Gasteiger partial charge in [-0.15, -0.1) is 0 Å². The Hall–Kier alpha value is -1.60. The quantitative estimate of drug-likeness (QED) is 0.711. The minimum atomic E-state index is -3.40. The minimum Gasteiger partial charge on any atom is -0.355 e. The van der Waals surface area contributed by atoms with Gasteiger partial charge in [0.2, 0.25) is 11.8 Å². The number of carbonyl (C=O) groups excluding carboxylic acids is 2. The van der Waals surface area contributed by atoms with Gasteiger partial charge in [-0.3, -0.25) is 9.59 Å². The van der Waals surface area contributed by atoms with E-state index in [4.69, 9.17) is 11.6 Å². The van der Waals surface area contributed by atoms with Gasteiger partial charge in [-0.1, -0.05) is 11.6 Å². The van der Waals surface area contributed by atoms with Crippen molar-refractivity contribution in [1.82, 2.24) is 5.32 Å². The van der Waals surface area contributed by atoms with Gasteiger partial charge >= 0.3 is 0 Å². The van der Waals surface area contributed by atoms with Gasteiger partial charge < -0.3 is 10.6 Å². The average molecular weight is 439 g/mol. The topological polar surface area (TPSA) is 92.3 Å². The first-order chi connectivity index (χ1) is 13.6. The smallest absolute Gasteiger partial charge is 0.226 e. The summed E-state index contributed by atoms with van der Waals surface area (Å²) in [6, 6.07) is 4.20. The third-order valence-corrected chi connectivity index (χ3v) is 8.24. The van der Waals surface area contributed by atoms with Crippen LogP contribution in [-0.2, 0) is 19.4 Å². The predicted molar refractivity (Wildman–Crippen MR) is 111 cm³/mol.